The van der Waals surface area contributed by atoms with Gasteiger partial charge in [0.15, 0.2) is 0 Å². The smallest absolute Gasteiger partial charge is 0.317 e. The number of fused-ring (bicyclic) bond motifs is 2. The molecule has 2 aliphatic heterocycles. The van der Waals surface area contributed by atoms with E-state index in [0.717, 1.165) is 55.7 Å². The Bertz CT molecular complexity index is 1130. The summed E-state index contributed by atoms with van der Waals surface area (Å²) in [5.74, 6) is 0.993. The van der Waals surface area contributed by atoms with Crippen LogP contribution >= 0.6 is 0 Å². The number of ether oxygens (including phenoxy) is 1. The molecular formula is C25H30N4O2. The van der Waals surface area contributed by atoms with Gasteiger partial charge in [0.2, 0.25) is 0 Å². The molecule has 5 rings (SSSR count). The van der Waals surface area contributed by atoms with E-state index < -0.39 is 0 Å². The first-order valence-corrected chi connectivity index (χ1v) is 11.3. The monoisotopic (exact) mass is 418 g/mol. The van der Waals surface area contributed by atoms with Crippen LogP contribution in [0.15, 0.2) is 42.6 Å². The highest BCUT2D eigenvalue weighted by Gasteiger charge is 2.40. The SMILES string of the molecule is Cc1c(-c2ccc3c(c2)CCC2(CCN(C(=O)NC(C)C)CC2)O3)ccc2ccnn12. The number of carbonyl (C=O) groups is 1. The van der Waals surface area contributed by atoms with Gasteiger partial charge < -0.3 is 15.0 Å². The molecule has 1 saturated heterocycles. The third-order valence-corrected chi connectivity index (χ3v) is 6.72. The molecule has 1 N–H and O–H groups in total. The quantitative estimate of drug-likeness (QED) is 0.662. The first-order chi connectivity index (χ1) is 14.9. The molecule has 3 aromatic rings. The molecule has 0 unspecified atom stereocenters. The molecule has 4 heterocycles. The minimum Gasteiger partial charge on any atom is -0.487 e. The number of aryl methyl sites for hydroxylation is 2. The summed E-state index contributed by atoms with van der Waals surface area (Å²) in [6.07, 6.45) is 5.61. The van der Waals surface area contributed by atoms with Crippen LogP contribution in [0.2, 0.25) is 0 Å². The Morgan fingerprint density at radius 1 is 1.13 bits per heavy atom. The number of pyridine rings is 1. The Labute approximate surface area is 183 Å². The summed E-state index contributed by atoms with van der Waals surface area (Å²) in [5, 5.41) is 7.44. The number of rotatable bonds is 2. The number of nitrogens with zero attached hydrogens (tertiary/aromatic N) is 3. The zero-order valence-electron chi connectivity index (χ0n) is 18.5. The number of carbonyl (C=O) groups excluding carboxylic acids is 1. The number of benzene rings is 1. The largest absolute Gasteiger partial charge is 0.487 e. The zero-order valence-corrected chi connectivity index (χ0v) is 18.5. The maximum absolute atomic E-state index is 12.3. The fourth-order valence-electron chi connectivity index (χ4n) is 4.92. The second kappa shape index (κ2) is 7.59. The lowest BCUT2D eigenvalue weighted by Crippen LogP contribution is -2.53. The molecule has 31 heavy (non-hydrogen) atoms. The van der Waals surface area contributed by atoms with Gasteiger partial charge >= 0.3 is 6.03 Å². The van der Waals surface area contributed by atoms with Crippen molar-refractivity contribution >= 4 is 11.5 Å². The van der Waals surface area contributed by atoms with Gasteiger partial charge in [-0.2, -0.15) is 5.10 Å². The Morgan fingerprint density at radius 3 is 2.71 bits per heavy atom. The van der Waals surface area contributed by atoms with Crippen LogP contribution < -0.4 is 10.1 Å². The first-order valence-electron chi connectivity index (χ1n) is 11.3. The van der Waals surface area contributed by atoms with E-state index in [4.69, 9.17) is 4.74 Å². The van der Waals surface area contributed by atoms with Crippen molar-refractivity contribution in [1.29, 1.82) is 0 Å². The van der Waals surface area contributed by atoms with Gasteiger partial charge in [-0.3, -0.25) is 0 Å². The van der Waals surface area contributed by atoms with Gasteiger partial charge in [0, 0.05) is 49.4 Å². The van der Waals surface area contributed by atoms with Crippen LogP contribution in [0.1, 0.15) is 44.4 Å². The summed E-state index contributed by atoms with van der Waals surface area (Å²) in [4.78, 5) is 14.2. The van der Waals surface area contributed by atoms with Gasteiger partial charge in [-0.15, -0.1) is 0 Å². The zero-order chi connectivity index (χ0) is 21.6. The number of amides is 2. The van der Waals surface area contributed by atoms with Crippen molar-refractivity contribution in [3.8, 4) is 16.9 Å². The summed E-state index contributed by atoms with van der Waals surface area (Å²) in [7, 11) is 0. The Morgan fingerprint density at radius 2 is 1.94 bits per heavy atom. The highest BCUT2D eigenvalue weighted by atomic mass is 16.5. The first kappa shape index (κ1) is 19.9. The second-order valence-electron chi connectivity index (χ2n) is 9.20. The predicted molar refractivity (Wildman–Crippen MR) is 122 cm³/mol. The van der Waals surface area contributed by atoms with Crippen molar-refractivity contribution in [2.75, 3.05) is 13.1 Å². The molecule has 2 aromatic heterocycles. The number of hydrogen-bond acceptors (Lipinski definition) is 3. The van der Waals surface area contributed by atoms with E-state index in [2.05, 4.69) is 47.7 Å². The fourth-order valence-corrected chi connectivity index (χ4v) is 4.92. The van der Waals surface area contributed by atoms with E-state index in [9.17, 15) is 4.79 Å². The van der Waals surface area contributed by atoms with Crippen molar-refractivity contribution in [3.63, 3.8) is 0 Å². The molecule has 0 bridgehead atoms. The summed E-state index contributed by atoms with van der Waals surface area (Å²) < 4.78 is 8.56. The average molecular weight is 419 g/mol. The molecule has 6 heteroatoms. The van der Waals surface area contributed by atoms with E-state index in [-0.39, 0.29) is 17.7 Å². The number of hydrogen-bond donors (Lipinski definition) is 1. The molecule has 1 spiro atoms. The average Bonchev–Trinajstić information content (AvgIpc) is 3.24. The van der Waals surface area contributed by atoms with Gasteiger partial charge in [-0.25, -0.2) is 9.31 Å². The van der Waals surface area contributed by atoms with Crippen LogP contribution in [0.5, 0.6) is 5.75 Å². The fraction of sp³-hybridized carbons (Fsp3) is 0.440. The van der Waals surface area contributed by atoms with Crippen molar-refractivity contribution in [2.24, 2.45) is 0 Å². The number of likely N-dealkylation sites (tertiary alicyclic amines) is 1. The molecule has 0 atom stereocenters. The van der Waals surface area contributed by atoms with Crippen molar-refractivity contribution in [2.45, 2.75) is 58.1 Å². The van der Waals surface area contributed by atoms with E-state index in [1.165, 1.54) is 16.7 Å². The van der Waals surface area contributed by atoms with Crippen LogP contribution in [0.3, 0.4) is 0 Å². The number of urea groups is 1. The number of piperidine rings is 1. The van der Waals surface area contributed by atoms with Crippen LogP contribution in [0.4, 0.5) is 4.79 Å². The Balaban J connectivity index is 1.33. The van der Waals surface area contributed by atoms with Crippen LogP contribution in [0, 0.1) is 6.92 Å². The molecule has 162 valence electrons. The molecule has 2 aliphatic rings. The van der Waals surface area contributed by atoms with Crippen LogP contribution in [-0.4, -0.2) is 45.3 Å². The van der Waals surface area contributed by atoms with E-state index in [0.29, 0.717) is 0 Å². The Hall–Kier alpha value is -3.02. The molecule has 1 aromatic carbocycles. The maximum atomic E-state index is 12.3. The topological polar surface area (TPSA) is 58.9 Å². The lowest BCUT2D eigenvalue weighted by atomic mass is 9.82. The third-order valence-electron chi connectivity index (χ3n) is 6.72. The normalized spacial score (nSPS) is 17.6. The van der Waals surface area contributed by atoms with E-state index >= 15 is 0 Å². The van der Waals surface area contributed by atoms with E-state index in [1.54, 1.807) is 0 Å². The number of aromatic nitrogens is 2. The van der Waals surface area contributed by atoms with Crippen molar-refractivity contribution in [3.05, 3.63) is 53.9 Å². The third kappa shape index (κ3) is 3.64. The van der Waals surface area contributed by atoms with Crippen LogP contribution in [0.25, 0.3) is 16.6 Å². The van der Waals surface area contributed by atoms with E-state index in [1.807, 2.05) is 35.5 Å². The second-order valence-corrected chi connectivity index (χ2v) is 9.20. The molecule has 2 amide bonds. The number of nitrogens with one attached hydrogen (secondary N) is 1. The van der Waals surface area contributed by atoms with Crippen molar-refractivity contribution < 1.29 is 9.53 Å². The summed E-state index contributed by atoms with van der Waals surface area (Å²) in [6.45, 7) is 7.59. The highest BCUT2D eigenvalue weighted by molar-refractivity contribution is 5.74. The molecule has 6 nitrogen and oxygen atoms in total. The summed E-state index contributed by atoms with van der Waals surface area (Å²) in [6, 6.07) is 13.1. The van der Waals surface area contributed by atoms with Gasteiger partial charge in [0.05, 0.1) is 5.52 Å². The molecule has 1 fully saturated rings. The van der Waals surface area contributed by atoms with Gasteiger partial charge in [0.1, 0.15) is 11.4 Å². The molecular weight excluding hydrogens is 388 g/mol. The molecule has 0 radical (unpaired) electrons. The van der Waals surface area contributed by atoms with Crippen LogP contribution in [-0.2, 0) is 6.42 Å². The van der Waals surface area contributed by atoms with Gasteiger partial charge in [-0.1, -0.05) is 12.1 Å². The molecule has 0 saturated carbocycles. The predicted octanol–water partition coefficient (Wildman–Crippen LogP) is 4.59. The lowest BCUT2D eigenvalue weighted by molar-refractivity contribution is -0.00561. The van der Waals surface area contributed by atoms with Gasteiger partial charge in [-0.05, 0) is 69.0 Å². The maximum Gasteiger partial charge on any atom is 0.317 e. The van der Waals surface area contributed by atoms with Crippen molar-refractivity contribution in [1.82, 2.24) is 19.8 Å². The molecule has 0 aliphatic carbocycles. The summed E-state index contributed by atoms with van der Waals surface area (Å²) in [5.41, 5.74) is 5.77. The van der Waals surface area contributed by atoms with Gasteiger partial charge in [0.25, 0.3) is 0 Å². The minimum atomic E-state index is -0.146. The Kier molecular flexibility index (Phi) is 4.88. The lowest BCUT2D eigenvalue weighted by Gasteiger charge is -2.44. The summed E-state index contributed by atoms with van der Waals surface area (Å²) >= 11 is 0. The standard InChI is InChI=1S/C25H30N4O2/c1-17(2)27-24(30)28-14-11-25(12-15-28)10-8-20-16-19(4-7-23(20)31-25)22-6-5-21-9-13-26-29(21)18(22)3/h4-7,9,13,16-17H,8,10-12,14-15H2,1-3H3,(H,27,30). The minimum absolute atomic E-state index is 0.0372. The highest BCUT2D eigenvalue weighted by Crippen LogP contribution is 2.41.